The van der Waals surface area contributed by atoms with E-state index in [-0.39, 0.29) is 5.97 Å². The summed E-state index contributed by atoms with van der Waals surface area (Å²) in [6, 6.07) is 5.58. The highest BCUT2D eigenvalue weighted by atomic mass is 35.5. The number of esters is 1. The molecule has 2 rings (SSSR count). The van der Waals surface area contributed by atoms with Crippen LogP contribution in [0.2, 0.25) is 5.02 Å². The summed E-state index contributed by atoms with van der Waals surface area (Å²) in [6.07, 6.45) is 0.712. The number of rotatable bonds is 7. The highest BCUT2D eigenvalue weighted by Crippen LogP contribution is 2.34. The van der Waals surface area contributed by atoms with Gasteiger partial charge in [0.2, 0.25) is 0 Å². The summed E-state index contributed by atoms with van der Waals surface area (Å²) in [5, 5.41) is 4.34. The minimum absolute atomic E-state index is 0.280. The highest BCUT2D eigenvalue weighted by Gasteiger charge is 2.28. The number of methoxy groups -OCH3 is 1. The maximum absolute atomic E-state index is 12.5. The third-order valence-electron chi connectivity index (χ3n) is 4.49. The summed E-state index contributed by atoms with van der Waals surface area (Å²) in [7, 11) is 1.40. The normalized spacial score (nSPS) is 12.8. The summed E-state index contributed by atoms with van der Waals surface area (Å²) in [5.41, 5.74) is 2.11. The lowest BCUT2D eigenvalue weighted by atomic mass is 9.90. The van der Waals surface area contributed by atoms with Gasteiger partial charge in [-0.2, -0.15) is 0 Å². The minimum atomic E-state index is -0.559. The van der Waals surface area contributed by atoms with Gasteiger partial charge in [-0.05, 0) is 63.3 Å². The highest BCUT2D eigenvalue weighted by molar-refractivity contribution is 6.31. The fourth-order valence-corrected chi connectivity index (χ4v) is 3.53. The molecule has 1 amide bonds. The van der Waals surface area contributed by atoms with Crippen LogP contribution in [0.4, 0.5) is 4.79 Å². The summed E-state index contributed by atoms with van der Waals surface area (Å²) >= 11 is 6.22. The van der Waals surface area contributed by atoms with Crippen LogP contribution >= 0.6 is 11.6 Å². The van der Waals surface area contributed by atoms with Crippen molar-refractivity contribution in [3.05, 3.63) is 34.5 Å². The first kappa shape index (κ1) is 23.1. The Bertz CT molecular complexity index is 868. The molecule has 0 aliphatic carbocycles. The lowest BCUT2D eigenvalue weighted by Crippen LogP contribution is -2.33. The summed E-state index contributed by atoms with van der Waals surface area (Å²) in [5.74, 6) is -0.387. The number of halogens is 1. The molecule has 0 unspecified atom stereocenters. The zero-order chi connectivity index (χ0) is 21.8. The number of carbonyl (C=O) groups excluding carboxylic acids is 2. The Morgan fingerprint density at radius 1 is 1.24 bits per heavy atom. The molecule has 0 spiro atoms. The monoisotopic (exact) mass is 422 g/mol. The second-order valence-electron chi connectivity index (χ2n) is 8.59. The average Bonchev–Trinajstić information content (AvgIpc) is 2.95. The molecule has 0 aliphatic heterocycles. The predicted molar refractivity (Wildman–Crippen MR) is 115 cm³/mol. The van der Waals surface area contributed by atoms with Gasteiger partial charge in [0.25, 0.3) is 0 Å². The fourth-order valence-electron chi connectivity index (χ4n) is 3.36. The van der Waals surface area contributed by atoms with E-state index in [0.29, 0.717) is 30.3 Å². The molecule has 0 saturated heterocycles. The number of hydrogen-bond donors (Lipinski definition) is 2. The molecule has 160 valence electrons. The van der Waals surface area contributed by atoms with Crippen LogP contribution in [0.3, 0.4) is 0 Å². The van der Waals surface area contributed by atoms with Crippen molar-refractivity contribution in [3.63, 3.8) is 0 Å². The number of aromatic nitrogens is 1. The van der Waals surface area contributed by atoms with E-state index in [4.69, 9.17) is 21.1 Å². The van der Waals surface area contributed by atoms with Gasteiger partial charge in [0.1, 0.15) is 5.60 Å². The van der Waals surface area contributed by atoms with E-state index in [0.717, 1.165) is 22.2 Å². The number of amides is 1. The molecule has 29 heavy (non-hydrogen) atoms. The van der Waals surface area contributed by atoms with Crippen LogP contribution in [0.1, 0.15) is 58.2 Å². The summed E-state index contributed by atoms with van der Waals surface area (Å²) < 4.78 is 10.4. The molecule has 0 radical (unpaired) electrons. The Morgan fingerprint density at radius 2 is 1.93 bits per heavy atom. The van der Waals surface area contributed by atoms with Crippen LogP contribution in [0.15, 0.2) is 18.2 Å². The third-order valence-corrected chi connectivity index (χ3v) is 4.72. The Hall–Kier alpha value is -2.21. The molecule has 0 saturated carbocycles. The Kier molecular flexibility index (Phi) is 7.58. The van der Waals surface area contributed by atoms with E-state index >= 15 is 0 Å². The van der Waals surface area contributed by atoms with Crippen molar-refractivity contribution in [1.29, 1.82) is 0 Å². The number of nitrogens with one attached hydrogen (secondary N) is 2. The molecule has 1 heterocycles. The van der Waals surface area contributed by atoms with Gasteiger partial charge in [0.15, 0.2) is 0 Å². The van der Waals surface area contributed by atoms with Gasteiger partial charge in [0, 0.05) is 28.2 Å². The lowest BCUT2D eigenvalue weighted by Gasteiger charge is -2.20. The first-order valence-corrected chi connectivity index (χ1v) is 10.2. The predicted octanol–water partition coefficient (Wildman–Crippen LogP) is 5.19. The Labute approximate surface area is 177 Å². The maximum atomic E-state index is 12.5. The number of fused-ring (bicyclic) bond motifs is 1. The van der Waals surface area contributed by atoms with Crippen LogP contribution in [0.25, 0.3) is 10.9 Å². The first-order chi connectivity index (χ1) is 13.5. The number of H-pyrrole nitrogens is 1. The number of hydrogen-bond acceptors (Lipinski definition) is 4. The maximum Gasteiger partial charge on any atom is 0.407 e. The molecule has 1 aromatic carbocycles. The fraction of sp³-hybridized carbons (Fsp3) is 0.545. The molecule has 0 aliphatic rings. The molecule has 1 aromatic heterocycles. The van der Waals surface area contributed by atoms with Crippen LogP contribution in [0, 0.1) is 5.92 Å². The van der Waals surface area contributed by atoms with E-state index in [2.05, 4.69) is 24.1 Å². The average molecular weight is 423 g/mol. The van der Waals surface area contributed by atoms with Gasteiger partial charge in [-0.25, -0.2) is 4.79 Å². The third kappa shape index (κ3) is 6.39. The van der Waals surface area contributed by atoms with Crippen molar-refractivity contribution in [3.8, 4) is 0 Å². The van der Waals surface area contributed by atoms with E-state index in [1.165, 1.54) is 7.11 Å². The second-order valence-corrected chi connectivity index (χ2v) is 9.03. The molecular formula is C22H31ClN2O4. The van der Waals surface area contributed by atoms with Gasteiger partial charge in [-0.15, -0.1) is 0 Å². The van der Waals surface area contributed by atoms with E-state index in [1.807, 2.05) is 39.0 Å². The van der Waals surface area contributed by atoms with Gasteiger partial charge in [-0.1, -0.05) is 25.4 Å². The van der Waals surface area contributed by atoms with E-state index < -0.39 is 17.6 Å². The zero-order valence-corrected chi connectivity index (χ0v) is 18.8. The molecule has 6 nitrogen and oxygen atoms in total. The number of benzene rings is 1. The van der Waals surface area contributed by atoms with Gasteiger partial charge in [-0.3, -0.25) is 4.79 Å². The van der Waals surface area contributed by atoms with Gasteiger partial charge in [0.05, 0.1) is 13.0 Å². The van der Waals surface area contributed by atoms with Crippen molar-refractivity contribution in [2.45, 2.75) is 59.0 Å². The molecule has 1 atom stereocenters. The Morgan fingerprint density at radius 3 is 2.52 bits per heavy atom. The molecule has 0 bridgehead atoms. The quantitative estimate of drug-likeness (QED) is 0.601. The topological polar surface area (TPSA) is 80.4 Å². The molecule has 0 fully saturated rings. The van der Waals surface area contributed by atoms with Crippen molar-refractivity contribution in [2.24, 2.45) is 5.92 Å². The van der Waals surface area contributed by atoms with Crippen molar-refractivity contribution in [2.75, 3.05) is 13.7 Å². The van der Waals surface area contributed by atoms with Crippen molar-refractivity contribution >= 4 is 34.6 Å². The van der Waals surface area contributed by atoms with Crippen LogP contribution in [-0.2, 0) is 20.7 Å². The molecule has 2 aromatic rings. The number of ether oxygens (including phenoxy) is 2. The van der Waals surface area contributed by atoms with E-state index in [1.54, 1.807) is 0 Å². The number of carbonyl (C=O) groups is 2. The molecule has 2 N–H and O–H groups in total. The number of aromatic amines is 1. The van der Waals surface area contributed by atoms with Crippen LogP contribution in [-0.4, -0.2) is 36.3 Å². The zero-order valence-electron chi connectivity index (χ0n) is 18.0. The summed E-state index contributed by atoms with van der Waals surface area (Å²) in [6.45, 7) is 9.97. The van der Waals surface area contributed by atoms with Crippen LogP contribution < -0.4 is 5.32 Å². The molecule has 7 heteroatoms. The van der Waals surface area contributed by atoms with Gasteiger partial charge >= 0.3 is 12.1 Å². The Balaban J connectivity index is 2.35. The van der Waals surface area contributed by atoms with Crippen molar-refractivity contribution < 1.29 is 19.1 Å². The standard InChI is InChI=1S/C22H31ClN2O4/c1-13(2)11-17(20(26)28-6)19-15(9-10-24-21(27)29-22(3,4)5)16-12-14(23)7-8-18(16)25-19/h7-8,12-13,17,25H,9-11H2,1-6H3,(H,24,27)/t17-/m0/s1. The smallest absolute Gasteiger partial charge is 0.407 e. The largest absolute Gasteiger partial charge is 0.469 e. The first-order valence-electron chi connectivity index (χ1n) is 9.86. The van der Waals surface area contributed by atoms with Crippen molar-refractivity contribution in [1.82, 2.24) is 10.3 Å². The van der Waals surface area contributed by atoms with Gasteiger partial charge < -0.3 is 19.8 Å². The number of alkyl carbamates (subject to hydrolysis) is 1. The molecular weight excluding hydrogens is 392 g/mol. The minimum Gasteiger partial charge on any atom is -0.469 e. The second kappa shape index (κ2) is 9.53. The summed E-state index contributed by atoms with van der Waals surface area (Å²) in [4.78, 5) is 27.9. The lowest BCUT2D eigenvalue weighted by molar-refractivity contribution is -0.143. The SMILES string of the molecule is COC(=O)[C@@H](CC(C)C)c1[nH]c2ccc(Cl)cc2c1CCNC(=O)OC(C)(C)C. The van der Waals surface area contributed by atoms with E-state index in [9.17, 15) is 9.59 Å². The van der Waals surface area contributed by atoms with Crippen LogP contribution in [0.5, 0.6) is 0 Å².